The maximum absolute atomic E-state index is 14.4. The summed E-state index contributed by atoms with van der Waals surface area (Å²) in [7, 11) is -2.86. The largest absolute Gasteiger partial charge is 0.432 e. The van der Waals surface area contributed by atoms with Crippen molar-refractivity contribution in [2.45, 2.75) is 69.1 Å². The van der Waals surface area contributed by atoms with Gasteiger partial charge in [0.05, 0.1) is 37.4 Å². The van der Waals surface area contributed by atoms with E-state index >= 15 is 0 Å². The third-order valence-corrected chi connectivity index (χ3v) is 11.4. The molecule has 5 atom stereocenters. The first-order valence-corrected chi connectivity index (χ1v) is 16.9. The number of anilines is 1. The second kappa shape index (κ2) is 9.93. The first-order chi connectivity index (χ1) is 17.6. The number of amides is 2. The van der Waals surface area contributed by atoms with E-state index in [1.807, 2.05) is 68.5 Å². The highest BCUT2D eigenvalue weighted by atomic mass is 79.9. The van der Waals surface area contributed by atoms with Crippen molar-refractivity contribution in [2.24, 2.45) is 5.92 Å². The monoisotopic (exact) mass is 586 g/mol. The molecule has 2 aromatic rings. The van der Waals surface area contributed by atoms with Gasteiger partial charge in [0.1, 0.15) is 0 Å². The Morgan fingerprint density at radius 3 is 2.62 bits per heavy atom. The van der Waals surface area contributed by atoms with Crippen LogP contribution in [0.25, 0.3) is 0 Å². The Morgan fingerprint density at radius 1 is 1.22 bits per heavy atom. The Balaban J connectivity index is 1.54. The zero-order valence-corrected chi connectivity index (χ0v) is 24.1. The standard InChI is InChI=1S/C28H35BrN2O5Si/c1-18-26(37(2,3)35)24(15-25(33)30-13-7-10-21(30)17-32)36-28(18)22-14-20(29)11-12-23(22)31(27(28)34)16-19-8-5-4-6-9-19/h4-6,8-9,11-12,14,18,21,24,26,32,35H,7,10,13,15-17H2,1-3H3/t18-,21+,24+,26-,28+/m1/s1. The van der Waals surface area contributed by atoms with Crippen LogP contribution in [0.15, 0.2) is 53.0 Å². The fourth-order valence-electron chi connectivity index (χ4n) is 6.82. The predicted octanol–water partition coefficient (Wildman–Crippen LogP) is 4.17. The molecular weight excluding hydrogens is 552 g/mol. The van der Waals surface area contributed by atoms with E-state index in [0.717, 1.165) is 34.1 Å². The van der Waals surface area contributed by atoms with Gasteiger partial charge in [-0.3, -0.25) is 9.59 Å². The second-order valence-electron chi connectivity index (χ2n) is 11.2. The van der Waals surface area contributed by atoms with E-state index in [2.05, 4.69) is 15.9 Å². The number of carbonyl (C=O) groups excluding carboxylic acids is 2. The molecule has 0 aromatic heterocycles. The van der Waals surface area contributed by atoms with Gasteiger partial charge >= 0.3 is 0 Å². The van der Waals surface area contributed by atoms with E-state index in [4.69, 9.17) is 4.74 Å². The topological polar surface area (TPSA) is 90.3 Å². The molecule has 3 heterocycles. The number of hydrogen-bond acceptors (Lipinski definition) is 5. The van der Waals surface area contributed by atoms with E-state index in [9.17, 15) is 19.5 Å². The van der Waals surface area contributed by atoms with Gasteiger partial charge < -0.3 is 24.4 Å². The number of nitrogens with zero attached hydrogens (tertiary/aromatic N) is 2. The van der Waals surface area contributed by atoms with Crippen LogP contribution >= 0.6 is 15.9 Å². The quantitative estimate of drug-likeness (QED) is 0.496. The van der Waals surface area contributed by atoms with Crippen LogP contribution < -0.4 is 4.90 Å². The van der Waals surface area contributed by atoms with Crippen molar-refractivity contribution in [1.29, 1.82) is 0 Å². The van der Waals surface area contributed by atoms with Gasteiger partial charge in [-0.25, -0.2) is 0 Å². The Morgan fingerprint density at radius 2 is 1.95 bits per heavy atom. The third kappa shape index (κ3) is 4.48. The van der Waals surface area contributed by atoms with E-state index in [0.29, 0.717) is 13.1 Å². The third-order valence-electron chi connectivity index (χ3n) is 8.41. The van der Waals surface area contributed by atoms with Crippen LogP contribution in [0.4, 0.5) is 5.69 Å². The summed E-state index contributed by atoms with van der Waals surface area (Å²) in [5.74, 6) is -0.565. The van der Waals surface area contributed by atoms with Crippen molar-refractivity contribution in [1.82, 2.24) is 4.90 Å². The van der Waals surface area contributed by atoms with Crippen molar-refractivity contribution in [3.8, 4) is 0 Å². The lowest BCUT2D eigenvalue weighted by Crippen LogP contribution is -2.46. The summed E-state index contributed by atoms with van der Waals surface area (Å²) in [6.07, 6.45) is 1.13. The Hall–Kier alpha value is -2.04. The molecule has 5 rings (SSSR count). The molecule has 2 N–H and O–H groups in total. The lowest BCUT2D eigenvalue weighted by Gasteiger charge is -2.32. The van der Waals surface area contributed by atoms with Crippen molar-refractivity contribution in [3.63, 3.8) is 0 Å². The van der Waals surface area contributed by atoms with Crippen molar-refractivity contribution in [3.05, 3.63) is 64.1 Å². The summed E-state index contributed by atoms with van der Waals surface area (Å²) in [4.78, 5) is 42.7. The fourth-order valence-corrected chi connectivity index (χ4v) is 9.73. The van der Waals surface area contributed by atoms with Gasteiger partial charge in [0.25, 0.3) is 5.91 Å². The summed E-state index contributed by atoms with van der Waals surface area (Å²) in [6.45, 7) is 6.68. The average Bonchev–Trinajstić information content (AvgIpc) is 3.50. The zero-order valence-electron chi connectivity index (χ0n) is 21.6. The molecule has 0 radical (unpaired) electrons. The van der Waals surface area contributed by atoms with Gasteiger partial charge in [0, 0.05) is 28.0 Å². The van der Waals surface area contributed by atoms with Gasteiger partial charge in [-0.1, -0.05) is 53.2 Å². The van der Waals surface area contributed by atoms with Crippen LogP contribution in [-0.4, -0.2) is 60.2 Å². The van der Waals surface area contributed by atoms with Crippen molar-refractivity contribution < 1.29 is 24.2 Å². The summed E-state index contributed by atoms with van der Waals surface area (Å²) < 4.78 is 7.62. The van der Waals surface area contributed by atoms with Gasteiger partial charge in [-0.15, -0.1) is 0 Å². The van der Waals surface area contributed by atoms with Gasteiger partial charge in [-0.2, -0.15) is 0 Å². The van der Waals surface area contributed by atoms with E-state index in [-0.39, 0.29) is 42.3 Å². The molecule has 0 saturated carbocycles. The first kappa shape index (κ1) is 26.6. The highest BCUT2D eigenvalue weighted by Gasteiger charge is 2.66. The van der Waals surface area contributed by atoms with E-state index in [1.54, 1.807) is 9.80 Å². The number of hydrogen-bond donors (Lipinski definition) is 2. The lowest BCUT2D eigenvalue weighted by molar-refractivity contribution is -0.150. The minimum absolute atomic E-state index is 0.0599. The molecule has 9 heteroatoms. The molecule has 2 aromatic carbocycles. The van der Waals surface area contributed by atoms with E-state index in [1.165, 1.54) is 0 Å². The number of aliphatic hydroxyl groups is 1. The van der Waals surface area contributed by atoms with Crippen molar-refractivity contribution in [2.75, 3.05) is 18.1 Å². The van der Waals surface area contributed by atoms with Crippen LogP contribution in [0.3, 0.4) is 0 Å². The molecule has 0 unspecified atom stereocenters. The number of benzene rings is 2. The summed E-state index contributed by atoms with van der Waals surface area (Å²) in [5, 5.41) is 9.74. The molecule has 0 bridgehead atoms. The SMILES string of the molecule is C[C@@H]1[C@@H]([Si](C)(C)O)[C@H](CC(=O)N2CCC[C@H]2CO)O[C@@]12C(=O)N(Cc1ccccc1)c1ccc(Br)cc12. The maximum Gasteiger partial charge on any atom is 0.264 e. The second-order valence-corrected chi connectivity index (χ2v) is 16.1. The Bertz CT molecular complexity index is 1190. The molecule has 2 amide bonds. The molecule has 2 fully saturated rings. The molecule has 3 aliphatic heterocycles. The minimum Gasteiger partial charge on any atom is -0.432 e. The summed E-state index contributed by atoms with van der Waals surface area (Å²) in [6, 6.07) is 15.5. The maximum atomic E-state index is 14.4. The summed E-state index contributed by atoms with van der Waals surface area (Å²) >= 11 is 3.58. The number of aliphatic hydroxyl groups excluding tert-OH is 1. The predicted molar refractivity (Wildman–Crippen MR) is 147 cm³/mol. The first-order valence-electron chi connectivity index (χ1n) is 13.0. The van der Waals surface area contributed by atoms with Crippen LogP contribution in [0, 0.1) is 5.92 Å². The van der Waals surface area contributed by atoms with Crippen LogP contribution in [-0.2, 0) is 26.5 Å². The van der Waals surface area contributed by atoms with Gasteiger partial charge in [-0.05, 0) is 49.7 Å². The number of carbonyl (C=O) groups is 2. The normalized spacial score (nSPS) is 29.4. The number of fused-ring (bicyclic) bond motifs is 2. The molecule has 1 spiro atoms. The number of ether oxygens (including phenoxy) is 1. The van der Waals surface area contributed by atoms with Gasteiger partial charge in [0.2, 0.25) is 5.91 Å². The molecular formula is C28H35BrN2O5Si. The highest BCUT2D eigenvalue weighted by Crippen LogP contribution is 2.60. The number of rotatable bonds is 6. The molecule has 198 valence electrons. The summed E-state index contributed by atoms with van der Waals surface area (Å²) in [5.41, 5.74) is 0.989. The minimum atomic E-state index is -2.86. The highest BCUT2D eigenvalue weighted by molar-refractivity contribution is 9.10. The Kier molecular flexibility index (Phi) is 7.13. The fraction of sp³-hybridized carbons (Fsp3) is 0.500. The zero-order chi connectivity index (χ0) is 26.5. The van der Waals surface area contributed by atoms with E-state index < -0.39 is 20.0 Å². The van der Waals surface area contributed by atoms with Crippen molar-refractivity contribution >= 4 is 41.7 Å². The van der Waals surface area contributed by atoms with Crippen LogP contribution in [0.2, 0.25) is 18.6 Å². The van der Waals surface area contributed by atoms with Gasteiger partial charge in [0.15, 0.2) is 13.9 Å². The molecule has 0 aliphatic carbocycles. The number of likely N-dealkylation sites (tertiary alicyclic amines) is 1. The molecule has 37 heavy (non-hydrogen) atoms. The van der Waals surface area contributed by atoms with Crippen LogP contribution in [0.1, 0.15) is 37.3 Å². The molecule has 2 saturated heterocycles. The number of halogens is 1. The van der Waals surface area contributed by atoms with Crippen LogP contribution in [0.5, 0.6) is 0 Å². The average molecular weight is 588 g/mol. The Labute approximate surface area is 227 Å². The lowest BCUT2D eigenvalue weighted by atomic mass is 9.82. The smallest absolute Gasteiger partial charge is 0.264 e. The molecule has 3 aliphatic rings. The molecule has 7 nitrogen and oxygen atoms in total.